The van der Waals surface area contributed by atoms with Gasteiger partial charge in [0.25, 0.3) is 0 Å². The predicted molar refractivity (Wildman–Crippen MR) is 73.3 cm³/mol. The minimum atomic E-state index is -0.456. The van der Waals surface area contributed by atoms with Crippen LogP contribution in [0.15, 0.2) is 30.3 Å². The van der Waals surface area contributed by atoms with E-state index in [0.29, 0.717) is 6.61 Å². The Morgan fingerprint density at radius 2 is 2.00 bits per heavy atom. The molecule has 3 N–H and O–H groups in total. The fraction of sp³-hybridized carbons (Fsp3) is 0.500. The molecule has 1 aromatic carbocycles. The van der Waals surface area contributed by atoms with Gasteiger partial charge in [-0.2, -0.15) is 0 Å². The molecule has 0 spiro atoms. The van der Waals surface area contributed by atoms with Gasteiger partial charge in [-0.1, -0.05) is 18.2 Å². The van der Waals surface area contributed by atoms with Crippen LogP contribution in [0.1, 0.15) is 20.8 Å². The molecule has 0 saturated carbocycles. The normalized spacial score (nSPS) is 12.9. The van der Waals surface area contributed by atoms with E-state index in [1.807, 2.05) is 44.2 Å². The van der Waals surface area contributed by atoms with Gasteiger partial charge in [0.05, 0.1) is 12.5 Å². The lowest BCUT2D eigenvalue weighted by atomic mass is 9.87. The summed E-state index contributed by atoms with van der Waals surface area (Å²) >= 11 is 0. The number of nitrogens with two attached hydrogens (primary N) is 1. The second kappa shape index (κ2) is 6.40. The number of hydrogen-bond donors (Lipinski definition) is 2. The van der Waals surface area contributed by atoms with E-state index < -0.39 is 5.54 Å². The topological polar surface area (TPSA) is 64.3 Å². The van der Waals surface area contributed by atoms with Gasteiger partial charge in [0.15, 0.2) is 0 Å². The van der Waals surface area contributed by atoms with E-state index >= 15 is 0 Å². The lowest BCUT2D eigenvalue weighted by Crippen LogP contribution is -2.48. The van der Waals surface area contributed by atoms with E-state index in [9.17, 15) is 4.79 Å². The summed E-state index contributed by atoms with van der Waals surface area (Å²) in [7, 11) is 0. The number of hydrogen-bond acceptors (Lipinski definition) is 4. The van der Waals surface area contributed by atoms with Crippen LogP contribution in [0.25, 0.3) is 0 Å². The highest BCUT2D eigenvalue weighted by molar-refractivity contribution is 5.75. The molecule has 0 heterocycles. The first-order valence-electron chi connectivity index (χ1n) is 6.21. The molecule has 0 radical (unpaired) electrons. The van der Waals surface area contributed by atoms with Crippen LogP contribution in [0.3, 0.4) is 0 Å². The van der Waals surface area contributed by atoms with E-state index in [2.05, 4.69) is 5.32 Å². The molecule has 0 aliphatic heterocycles. The van der Waals surface area contributed by atoms with Crippen molar-refractivity contribution in [2.75, 3.05) is 18.5 Å². The summed E-state index contributed by atoms with van der Waals surface area (Å²) in [5.41, 5.74) is 6.21. The lowest BCUT2D eigenvalue weighted by molar-refractivity contribution is -0.149. The summed E-state index contributed by atoms with van der Waals surface area (Å²) in [5, 5.41) is 3.33. The molecular weight excluding hydrogens is 228 g/mol. The molecule has 18 heavy (non-hydrogen) atoms. The first kappa shape index (κ1) is 14.5. The van der Waals surface area contributed by atoms with Gasteiger partial charge in [-0.05, 0) is 32.9 Å². The van der Waals surface area contributed by atoms with Gasteiger partial charge in [0.1, 0.15) is 0 Å². The zero-order valence-corrected chi connectivity index (χ0v) is 11.3. The number of rotatable bonds is 6. The minimum Gasteiger partial charge on any atom is -0.466 e. The Morgan fingerprint density at radius 3 is 2.50 bits per heavy atom. The summed E-state index contributed by atoms with van der Waals surface area (Å²) < 4.78 is 5.06. The molecule has 1 unspecified atom stereocenters. The van der Waals surface area contributed by atoms with Crippen molar-refractivity contribution < 1.29 is 9.53 Å². The SMILES string of the molecule is CCOC(=O)C(CN)C(C)(C)Nc1ccccc1. The maximum Gasteiger partial charge on any atom is 0.312 e. The molecule has 0 aliphatic rings. The average Bonchev–Trinajstić information content (AvgIpc) is 2.30. The van der Waals surface area contributed by atoms with Gasteiger partial charge >= 0.3 is 5.97 Å². The number of esters is 1. The third-order valence-electron chi connectivity index (χ3n) is 2.92. The molecule has 1 atom stereocenters. The summed E-state index contributed by atoms with van der Waals surface area (Å²) in [6, 6.07) is 9.76. The maximum atomic E-state index is 11.9. The van der Waals surface area contributed by atoms with E-state index in [1.54, 1.807) is 6.92 Å². The Morgan fingerprint density at radius 1 is 1.39 bits per heavy atom. The second-order valence-corrected chi connectivity index (χ2v) is 4.75. The van der Waals surface area contributed by atoms with Crippen LogP contribution in [0.2, 0.25) is 0 Å². The molecule has 100 valence electrons. The first-order chi connectivity index (χ1) is 8.51. The van der Waals surface area contributed by atoms with Crippen LogP contribution in [-0.4, -0.2) is 24.7 Å². The summed E-state index contributed by atoms with van der Waals surface area (Å²) in [6.45, 7) is 6.33. The number of ether oxygens (including phenoxy) is 1. The molecule has 0 bridgehead atoms. The summed E-state index contributed by atoms with van der Waals surface area (Å²) in [5.74, 6) is -0.633. The molecule has 0 saturated heterocycles. The summed E-state index contributed by atoms with van der Waals surface area (Å²) in [6.07, 6.45) is 0. The van der Waals surface area contributed by atoms with E-state index in [1.165, 1.54) is 0 Å². The van der Waals surface area contributed by atoms with Gasteiger partial charge in [-0.25, -0.2) is 0 Å². The van der Waals surface area contributed by atoms with Crippen LogP contribution in [0, 0.1) is 5.92 Å². The molecular formula is C14H22N2O2. The van der Waals surface area contributed by atoms with Crippen molar-refractivity contribution in [2.45, 2.75) is 26.3 Å². The molecule has 1 rings (SSSR count). The largest absolute Gasteiger partial charge is 0.466 e. The Bertz CT molecular complexity index is 377. The fourth-order valence-electron chi connectivity index (χ4n) is 1.91. The number of carbonyl (C=O) groups excluding carboxylic acids is 1. The number of anilines is 1. The van der Waals surface area contributed by atoms with Crippen molar-refractivity contribution in [3.05, 3.63) is 30.3 Å². The predicted octanol–water partition coefficient (Wildman–Crippen LogP) is 2.02. The molecule has 0 amide bonds. The molecule has 1 aromatic rings. The zero-order valence-electron chi connectivity index (χ0n) is 11.3. The Labute approximate surface area is 109 Å². The molecule has 4 heteroatoms. The smallest absolute Gasteiger partial charge is 0.312 e. The van der Waals surface area contributed by atoms with Crippen molar-refractivity contribution in [3.8, 4) is 0 Å². The lowest BCUT2D eigenvalue weighted by Gasteiger charge is -2.33. The highest BCUT2D eigenvalue weighted by Crippen LogP contribution is 2.23. The van der Waals surface area contributed by atoms with Crippen LogP contribution < -0.4 is 11.1 Å². The van der Waals surface area contributed by atoms with Crippen LogP contribution in [0.5, 0.6) is 0 Å². The van der Waals surface area contributed by atoms with Gasteiger partial charge < -0.3 is 15.8 Å². The number of carbonyl (C=O) groups is 1. The minimum absolute atomic E-state index is 0.256. The van der Waals surface area contributed by atoms with E-state index in [-0.39, 0.29) is 18.4 Å². The average molecular weight is 250 g/mol. The van der Waals surface area contributed by atoms with Gasteiger partial charge in [0.2, 0.25) is 0 Å². The molecule has 0 aromatic heterocycles. The van der Waals surface area contributed by atoms with Crippen molar-refractivity contribution >= 4 is 11.7 Å². The number of para-hydroxylation sites is 1. The number of benzene rings is 1. The molecule has 0 fully saturated rings. The van der Waals surface area contributed by atoms with Crippen molar-refractivity contribution in [3.63, 3.8) is 0 Å². The Hall–Kier alpha value is -1.55. The van der Waals surface area contributed by atoms with Crippen LogP contribution in [0.4, 0.5) is 5.69 Å². The van der Waals surface area contributed by atoms with Crippen LogP contribution >= 0.6 is 0 Å². The van der Waals surface area contributed by atoms with Crippen LogP contribution in [-0.2, 0) is 9.53 Å². The molecule has 4 nitrogen and oxygen atoms in total. The second-order valence-electron chi connectivity index (χ2n) is 4.75. The van der Waals surface area contributed by atoms with Gasteiger partial charge in [0, 0.05) is 17.8 Å². The van der Waals surface area contributed by atoms with Crippen molar-refractivity contribution in [2.24, 2.45) is 11.7 Å². The quantitative estimate of drug-likeness (QED) is 0.758. The Kier molecular flexibility index (Phi) is 5.16. The maximum absolute atomic E-state index is 11.9. The Balaban J connectivity index is 2.79. The zero-order chi connectivity index (χ0) is 13.6. The fourth-order valence-corrected chi connectivity index (χ4v) is 1.91. The standard InChI is InChI=1S/C14H22N2O2/c1-4-18-13(17)12(10-15)14(2,3)16-11-8-6-5-7-9-11/h5-9,12,16H,4,10,15H2,1-3H3. The van der Waals surface area contributed by atoms with E-state index in [0.717, 1.165) is 5.69 Å². The molecule has 0 aliphatic carbocycles. The van der Waals surface area contributed by atoms with E-state index in [4.69, 9.17) is 10.5 Å². The third kappa shape index (κ3) is 3.74. The highest BCUT2D eigenvalue weighted by atomic mass is 16.5. The van der Waals surface area contributed by atoms with Crippen molar-refractivity contribution in [1.82, 2.24) is 0 Å². The van der Waals surface area contributed by atoms with Gasteiger partial charge in [-0.15, -0.1) is 0 Å². The monoisotopic (exact) mass is 250 g/mol. The third-order valence-corrected chi connectivity index (χ3v) is 2.92. The first-order valence-corrected chi connectivity index (χ1v) is 6.21. The van der Waals surface area contributed by atoms with Crippen molar-refractivity contribution in [1.29, 1.82) is 0 Å². The highest BCUT2D eigenvalue weighted by Gasteiger charge is 2.35. The summed E-state index contributed by atoms with van der Waals surface area (Å²) in [4.78, 5) is 11.9. The number of nitrogens with one attached hydrogen (secondary N) is 1. The van der Waals surface area contributed by atoms with Gasteiger partial charge in [-0.3, -0.25) is 4.79 Å².